The van der Waals surface area contributed by atoms with Gasteiger partial charge < -0.3 is 9.47 Å². The molecule has 3 nitrogen and oxygen atoms in total. The Kier molecular flexibility index (Phi) is 4.48. The third-order valence-electron chi connectivity index (χ3n) is 4.45. The Morgan fingerprint density at radius 3 is 2.45 bits per heavy atom. The van der Waals surface area contributed by atoms with Gasteiger partial charge in [-0.1, -0.05) is 36.8 Å². The molecule has 0 aromatic heterocycles. The second-order valence-corrected chi connectivity index (χ2v) is 5.77. The minimum Gasteiger partial charge on any atom is -0.350 e. The van der Waals surface area contributed by atoms with Crippen molar-refractivity contribution in [1.82, 2.24) is 0 Å². The van der Waals surface area contributed by atoms with Crippen LogP contribution in [-0.2, 0) is 14.3 Å². The molecular formula is C17H22O3. The molecule has 0 N–H and O–H groups in total. The van der Waals surface area contributed by atoms with Crippen LogP contribution in [0.1, 0.15) is 43.6 Å². The summed E-state index contributed by atoms with van der Waals surface area (Å²) in [6.07, 6.45) is 4.59. The van der Waals surface area contributed by atoms with E-state index in [0.29, 0.717) is 31.3 Å². The van der Waals surface area contributed by atoms with Gasteiger partial charge in [-0.15, -0.1) is 0 Å². The summed E-state index contributed by atoms with van der Waals surface area (Å²) >= 11 is 0. The molecule has 1 aromatic carbocycles. The van der Waals surface area contributed by atoms with Crippen LogP contribution in [0, 0.1) is 5.92 Å². The van der Waals surface area contributed by atoms with E-state index in [1.807, 2.05) is 18.2 Å². The molecule has 20 heavy (non-hydrogen) atoms. The lowest BCUT2D eigenvalue weighted by Gasteiger charge is -2.26. The Morgan fingerprint density at radius 1 is 0.950 bits per heavy atom. The van der Waals surface area contributed by atoms with Crippen molar-refractivity contribution >= 4 is 5.78 Å². The van der Waals surface area contributed by atoms with Gasteiger partial charge in [-0.05, 0) is 24.8 Å². The molecule has 0 radical (unpaired) electrons. The first-order valence-electron chi connectivity index (χ1n) is 7.65. The van der Waals surface area contributed by atoms with Crippen molar-refractivity contribution in [3.05, 3.63) is 35.9 Å². The number of carbonyl (C=O) groups is 1. The lowest BCUT2D eigenvalue weighted by atomic mass is 9.81. The van der Waals surface area contributed by atoms with Gasteiger partial charge in [0.15, 0.2) is 6.29 Å². The molecule has 1 saturated carbocycles. The molecule has 3 rings (SSSR count). The van der Waals surface area contributed by atoms with Gasteiger partial charge in [0.2, 0.25) is 0 Å². The van der Waals surface area contributed by atoms with E-state index in [1.165, 1.54) is 5.56 Å². The van der Waals surface area contributed by atoms with Gasteiger partial charge in [0.05, 0.1) is 13.2 Å². The van der Waals surface area contributed by atoms with Crippen LogP contribution in [0.3, 0.4) is 0 Å². The van der Waals surface area contributed by atoms with Crippen LogP contribution < -0.4 is 0 Å². The molecule has 2 aliphatic rings. The third-order valence-corrected chi connectivity index (χ3v) is 4.45. The minimum absolute atomic E-state index is 0.0731. The molecule has 1 aliphatic carbocycles. The molecule has 0 unspecified atom stereocenters. The normalized spacial score (nSPS) is 29.1. The van der Waals surface area contributed by atoms with Gasteiger partial charge in [0.1, 0.15) is 5.78 Å². The largest absolute Gasteiger partial charge is 0.350 e. The zero-order valence-electron chi connectivity index (χ0n) is 11.8. The summed E-state index contributed by atoms with van der Waals surface area (Å²) in [6, 6.07) is 10.2. The van der Waals surface area contributed by atoms with Gasteiger partial charge in [-0.3, -0.25) is 4.79 Å². The van der Waals surface area contributed by atoms with Crippen LogP contribution in [0.4, 0.5) is 0 Å². The van der Waals surface area contributed by atoms with Crippen molar-refractivity contribution in [3.8, 4) is 0 Å². The summed E-state index contributed by atoms with van der Waals surface area (Å²) in [5, 5.41) is 0. The molecule has 108 valence electrons. The number of benzene rings is 1. The molecule has 0 amide bonds. The highest BCUT2D eigenvalue weighted by Crippen LogP contribution is 2.33. The monoisotopic (exact) mass is 274 g/mol. The van der Waals surface area contributed by atoms with Crippen molar-refractivity contribution in [3.63, 3.8) is 0 Å². The lowest BCUT2D eigenvalue weighted by Crippen LogP contribution is -2.26. The maximum atomic E-state index is 12.4. The van der Waals surface area contributed by atoms with Crippen molar-refractivity contribution in [1.29, 1.82) is 0 Å². The number of rotatable bonds is 2. The van der Waals surface area contributed by atoms with E-state index in [2.05, 4.69) is 12.1 Å². The van der Waals surface area contributed by atoms with Crippen LogP contribution in [0.25, 0.3) is 0 Å². The number of carbonyl (C=O) groups excluding carboxylic acids is 1. The second-order valence-electron chi connectivity index (χ2n) is 5.77. The van der Waals surface area contributed by atoms with E-state index in [0.717, 1.165) is 25.7 Å². The van der Waals surface area contributed by atoms with E-state index in [4.69, 9.17) is 9.47 Å². The summed E-state index contributed by atoms with van der Waals surface area (Å²) in [5.41, 5.74) is 1.17. The molecule has 2 atom stereocenters. The number of hydrogen-bond donors (Lipinski definition) is 0. The average molecular weight is 274 g/mol. The number of Topliss-reactive ketones (excluding diaryl/α,β-unsaturated/α-hetero) is 1. The standard InChI is InChI=1S/C17H22O3/c18-16-10-9-14(17-19-11-12-20-17)7-4-8-15(16)13-5-2-1-3-6-13/h1-3,5-6,14-15,17H,4,7-12H2/t14-,15+/m1/s1. The SMILES string of the molecule is O=C1CC[C@H](C2OCCO2)CCC[C@H]1c1ccccc1. The molecule has 0 bridgehead atoms. The fraction of sp³-hybridized carbons (Fsp3) is 0.588. The average Bonchev–Trinajstić information content (AvgIpc) is 2.99. The third kappa shape index (κ3) is 3.10. The quantitative estimate of drug-likeness (QED) is 0.830. The summed E-state index contributed by atoms with van der Waals surface area (Å²) in [6.45, 7) is 1.39. The fourth-order valence-corrected chi connectivity index (χ4v) is 3.35. The Hall–Kier alpha value is -1.19. The Labute approximate surface area is 120 Å². The van der Waals surface area contributed by atoms with Crippen molar-refractivity contribution in [2.24, 2.45) is 5.92 Å². The van der Waals surface area contributed by atoms with Crippen LogP contribution in [0.2, 0.25) is 0 Å². The van der Waals surface area contributed by atoms with Crippen molar-refractivity contribution in [2.75, 3.05) is 13.2 Å². The van der Waals surface area contributed by atoms with Gasteiger partial charge >= 0.3 is 0 Å². The molecule has 1 saturated heterocycles. The van der Waals surface area contributed by atoms with Crippen molar-refractivity contribution in [2.45, 2.75) is 44.3 Å². The predicted octanol–water partition coefficient (Wildman–Crippen LogP) is 3.29. The van der Waals surface area contributed by atoms with Crippen LogP contribution in [-0.4, -0.2) is 25.3 Å². The molecule has 1 heterocycles. The Balaban J connectivity index is 1.64. The maximum Gasteiger partial charge on any atom is 0.160 e. The van der Waals surface area contributed by atoms with E-state index in [9.17, 15) is 4.79 Å². The summed E-state index contributed by atoms with van der Waals surface area (Å²) in [5.74, 6) is 0.847. The minimum atomic E-state index is -0.0731. The highest BCUT2D eigenvalue weighted by Gasteiger charge is 2.31. The Morgan fingerprint density at radius 2 is 1.70 bits per heavy atom. The topological polar surface area (TPSA) is 35.5 Å². The molecular weight excluding hydrogens is 252 g/mol. The van der Waals surface area contributed by atoms with Gasteiger partial charge in [0.25, 0.3) is 0 Å². The van der Waals surface area contributed by atoms with Gasteiger partial charge in [-0.2, -0.15) is 0 Å². The molecule has 2 fully saturated rings. The van der Waals surface area contributed by atoms with E-state index in [-0.39, 0.29) is 12.2 Å². The lowest BCUT2D eigenvalue weighted by molar-refractivity contribution is -0.123. The first-order valence-corrected chi connectivity index (χ1v) is 7.65. The predicted molar refractivity (Wildman–Crippen MR) is 76.5 cm³/mol. The molecule has 1 aromatic rings. The zero-order valence-corrected chi connectivity index (χ0v) is 11.8. The number of ether oxygens (including phenoxy) is 2. The first kappa shape index (κ1) is 13.8. The number of hydrogen-bond acceptors (Lipinski definition) is 3. The summed E-state index contributed by atoms with van der Waals surface area (Å²) < 4.78 is 11.2. The zero-order chi connectivity index (χ0) is 13.8. The van der Waals surface area contributed by atoms with E-state index in [1.54, 1.807) is 0 Å². The summed E-state index contributed by atoms with van der Waals surface area (Å²) in [4.78, 5) is 12.4. The Bertz CT molecular complexity index is 437. The van der Waals surface area contributed by atoms with Gasteiger partial charge in [-0.25, -0.2) is 0 Å². The van der Waals surface area contributed by atoms with Crippen LogP contribution in [0.15, 0.2) is 30.3 Å². The molecule has 0 spiro atoms. The van der Waals surface area contributed by atoms with Crippen LogP contribution >= 0.6 is 0 Å². The summed E-state index contributed by atoms with van der Waals surface area (Å²) in [7, 11) is 0. The van der Waals surface area contributed by atoms with Crippen molar-refractivity contribution < 1.29 is 14.3 Å². The highest BCUT2D eigenvalue weighted by molar-refractivity contribution is 5.85. The molecule has 1 aliphatic heterocycles. The first-order chi connectivity index (χ1) is 9.84. The maximum absolute atomic E-state index is 12.4. The molecule has 3 heteroatoms. The number of ketones is 1. The van der Waals surface area contributed by atoms with Gasteiger partial charge in [0, 0.05) is 18.3 Å². The second kappa shape index (κ2) is 6.51. The van der Waals surface area contributed by atoms with E-state index >= 15 is 0 Å². The van der Waals surface area contributed by atoms with Crippen LogP contribution in [0.5, 0.6) is 0 Å². The highest BCUT2D eigenvalue weighted by atomic mass is 16.7. The van der Waals surface area contributed by atoms with E-state index < -0.39 is 0 Å². The smallest absolute Gasteiger partial charge is 0.160 e. The fourth-order valence-electron chi connectivity index (χ4n) is 3.35.